The van der Waals surface area contributed by atoms with Crippen molar-refractivity contribution < 1.29 is 0 Å². The molecule has 1 saturated carbocycles. The smallest absolute Gasteiger partial charge is 0.0127 e. The molecule has 1 heterocycles. The summed E-state index contributed by atoms with van der Waals surface area (Å²) in [6.45, 7) is 7.21. The van der Waals surface area contributed by atoms with E-state index in [0.717, 1.165) is 17.9 Å². The third kappa shape index (κ3) is 1.96. The molecule has 0 aromatic heterocycles. The first-order valence-corrected chi connectivity index (χ1v) is 6.23. The topological polar surface area (TPSA) is 29.3 Å². The summed E-state index contributed by atoms with van der Waals surface area (Å²) >= 11 is 0. The van der Waals surface area contributed by atoms with E-state index in [4.69, 9.17) is 5.73 Å². The van der Waals surface area contributed by atoms with Crippen LogP contribution in [0.15, 0.2) is 0 Å². The highest BCUT2D eigenvalue weighted by Crippen LogP contribution is 2.44. The summed E-state index contributed by atoms with van der Waals surface area (Å²) in [5.41, 5.74) is 5.93. The van der Waals surface area contributed by atoms with Gasteiger partial charge in [0.05, 0.1) is 0 Å². The van der Waals surface area contributed by atoms with Crippen LogP contribution < -0.4 is 5.73 Å². The summed E-state index contributed by atoms with van der Waals surface area (Å²) in [5.74, 6) is 1.70. The zero-order valence-corrected chi connectivity index (χ0v) is 9.58. The van der Waals surface area contributed by atoms with Crippen molar-refractivity contribution in [2.75, 3.05) is 13.1 Å². The molecule has 0 aromatic carbocycles. The summed E-state index contributed by atoms with van der Waals surface area (Å²) < 4.78 is 0. The molecule has 2 fully saturated rings. The molecule has 82 valence electrons. The third-order valence-electron chi connectivity index (χ3n) is 4.14. The number of rotatable bonds is 5. The number of piperidine rings is 1. The van der Waals surface area contributed by atoms with Crippen molar-refractivity contribution in [3.63, 3.8) is 0 Å². The normalized spacial score (nSPS) is 38.4. The average Bonchev–Trinajstić information content (AvgIpc) is 2.67. The monoisotopic (exact) mass is 196 g/mol. The van der Waals surface area contributed by atoms with Crippen LogP contribution in [0.1, 0.15) is 39.5 Å². The molecule has 0 bridgehead atoms. The third-order valence-corrected chi connectivity index (χ3v) is 4.14. The van der Waals surface area contributed by atoms with Crippen LogP contribution in [0.3, 0.4) is 0 Å². The highest BCUT2D eigenvalue weighted by molar-refractivity contribution is 5.09. The molecular weight excluding hydrogens is 172 g/mol. The van der Waals surface area contributed by atoms with Crippen molar-refractivity contribution in [2.24, 2.45) is 17.6 Å². The second-order valence-corrected chi connectivity index (χ2v) is 5.20. The van der Waals surface area contributed by atoms with Crippen LogP contribution in [0.5, 0.6) is 0 Å². The van der Waals surface area contributed by atoms with Crippen molar-refractivity contribution in [3.8, 4) is 0 Å². The summed E-state index contributed by atoms with van der Waals surface area (Å²) in [6, 6.07) is 1.34. The van der Waals surface area contributed by atoms with E-state index < -0.39 is 0 Å². The SMILES string of the molecule is CCCCCC(C)N1CC2C(N)C2C1. The minimum absolute atomic E-state index is 0.550. The molecular formula is C12H24N2. The van der Waals surface area contributed by atoms with E-state index in [1.807, 2.05) is 0 Å². The maximum atomic E-state index is 5.93. The molecule has 2 N–H and O–H groups in total. The highest BCUT2D eigenvalue weighted by Gasteiger charge is 2.53. The van der Waals surface area contributed by atoms with Crippen molar-refractivity contribution in [1.82, 2.24) is 4.90 Å². The predicted octanol–water partition coefficient (Wildman–Crippen LogP) is 1.84. The van der Waals surface area contributed by atoms with Crippen LogP contribution in [-0.4, -0.2) is 30.1 Å². The molecule has 2 nitrogen and oxygen atoms in total. The molecule has 0 spiro atoms. The summed E-state index contributed by atoms with van der Waals surface area (Å²) in [6.07, 6.45) is 5.51. The lowest BCUT2D eigenvalue weighted by atomic mass is 10.1. The first kappa shape index (κ1) is 10.4. The molecule has 2 rings (SSSR count). The summed E-state index contributed by atoms with van der Waals surface area (Å²) in [5, 5.41) is 0. The Labute approximate surface area is 87.8 Å². The fourth-order valence-corrected chi connectivity index (χ4v) is 2.84. The van der Waals surface area contributed by atoms with Gasteiger partial charge in [0.2, 0.25) is 0 Å². The zero-order chi connectivity index (χ0) is 10.1. The minimum atomic E-state index is 0.550. The number of nitrogens with zero attached hydrogens (tertiary/aromatic N) is 1. The molecule has 1 aliphatic heterocycles. The quantitative estimate of drug-likeness (QED) is 0.680. The van der Waals surface area contributed by atoms with E-state index in [2.05, 4.69) is 18.7 Å². The van der Waals surface area contributed by atoms with Crippen LogP contribution in [0.25, 0.3) is 0 Å². The van der Waals surface area contributed by atoms with Gasteiger partial charge in [0.15, 0.2) is 0 Å². The molecule has 3 atom stereocenters. The Bertz CT molecular complexity index is 181. The average molecular weight is 196 g/mol. The molecule has 0 radical (unpaired) electrons. The van der Waals surface area contributed by atoms with E-state index in [1.165, 1.54) is 38.8 Å². The van der Waals surface area contributed by atoms with E-state index in [-0.39, 0.29) is 0 Å². The number of hydrogen-bond donors (Lipinski definition) is 1. The maximum absolute atomic E-state index is 5.93. The van der Waals surface area contributed by atoms with Gasteiger partial charge in [0, 0.05) is 25.2 Å². The number of nitrogens with two attached hydrogens (primary N) is 1. The Morgan fingerprint density at radius 1 is 1.29 bits per heavy atom. The Morgan fingerprint density at radius 3 is 2.50 bits per heavy atom. The number of hydrogen-bond acceptors (Lipinski definition) is 2. The van der Waals surface area contributed by atoms with Gasteiger partial charge in [-0.2, -0.15) is 0 Å². The van der Waals surface area contributed by atoms with Gasteiger partial charge in [0.1, 0.15) is 0 Å². The molecule has 1 saturated heterocycles. The van der Waals surface area contributed by atoms with Gasteiger partial charge < -0.3 is 5.73 Å². The van der Waals surface area contributed by atoms with Crippen LogP contribution in [-0.2, 0) is 0 Å². The number of unbranched alkanes of at least 4 members (excludes halogenated alkanes) is 2. The molecule has 1 aliphatic carbocycles. The lowest BCUT2D eigenvalue weighted by Gasteiger charge is -2.26. The predicted molar refractivity (Wildman–Crippen MR) is 60.1 cm³/mol. The lowest BCUT2D eigenvalue weighted by Crippen LogP contribution is -2.35. The van der Waals surface area contributed by atoms with Gasteiger partial charge in [-0.05, 0) is 25.2 Å². The molecule has 2 aliphatic rings. The first-order valence-electron chi connectivity index (χ1n) is 6.23. The van der Waals surface area contributed by atoms with Gasteiger partial charge in [-0.15, -0.1) is 0 Å². The second kappa shape index (κ2) is 4.19. The van der Waals surface area contributed by atoms with Gasteiger partial charge in [-0.3, -0.25) is 4.90 Å². The fourth-order valence-electron chi connectivity index (χ4n) is 2.84. The van der Waals surface area contributed by atoms with Gasteiger partial charge in [0.25, 0.3) is 0 Å². The highest BCUT2D eigenvalue weighted by atomic mass is 15.2. The van der Waals surface area contributed by atoms with Gasteiger partial charge >= 0.3 is 0 Å². The van der Waals surface area contributed by atoms with Crippen LogP contribution in [0, 0.1) is 11.8 Å². The number of fused-ring (bicyclic) bond motifs is 1. The Hall–Kier alpha value is -0.0800. The maximum Gasteiger partial charge on any atom is 0.0127 e. The summed E-state index contributed by atoms with van der Waals surface area (Å²) in [4.78, 5) is 2.65. The van der Waals surface area contributed by atoms with Crippen molar-refractivity contribution in [2.45, 2.75) is 51.6 Å². The van der Waals surface area contributed by atoms with Gasteiger partial charge in [-0.1, -0.05) is 26.2 Å². The summed E-state index contributed by atoms with van der Waals surface area (Å²) in [7, 11) is 0. The molecule has 2 heteroatoms. The largest absolute Gasteiger partial charge is 0.327 e. The van der Waals surface area contributed by atoms with Crippen molar-refractivity contribution in [1.29, 1.82) is 0 Å². The van der Waals surface area contributed by atoms with Crippen LogP contribution >= 0.6 is 0 Å². The Morgan fingerprint density at radius 2 is 1.93 bits per heavy atom. The van der Waals surface area contributed by atoms with Gasteiger partial charge in [-0.25, -0.2) is 0 Å². The lowest BCUT2D eigenvalue weighted by molar-refractivity contribution is 0.215. The Balaban J connectivity index is 1.65. The van der Waals surface area contributed by atoms with Crippen molar-refractivity contribution >= 4 is 0 Å². The second-order valence-electron chi connectivity index (χ2n) is 5.20. The minimum Gasteiger partial charge on any atom is -0.327 e. The van der Waals surface area contributed by atoms with E-state index in [9.17, 15) is 0 Å². The molecule has 0 aromatic rings. The molecule has 3 unspecified atom stereocenters. The first-order chi connectivity index (χ1) is 6.74. The zero-order valence-electron chi connectivity index (χ0n) is 9.58. The van der Waals surface area contributed by atoms with E-state index >= 15 is 0 Å². The van der Waals surface area contributed by atoms with Crippen LogP contribution in [0.4, 0.5) is 0 Å². The van der Waals surface area contributed by atoms with Crippen molar-refractivity contribution in [3.05, 3.63) is 0 Å². The fraction of sp³-hybridized carbons (Fsp3) is 1.00. The standard InChI is InChI=1S/C12H24N2/c1-3-4-5-6-9(2)14-7-10-11(8-14)12(10)13/h9-12H,3-8,13H2,1-2H3. The van der Waals surface area contributed by atoms with E-state index in [1.54, 1.807) is 0 Å². The van der Waals surface area contributed by atoms with Crippen LogP contribution in [0.2, 0.25) is 0 Å². The number of likely N-dealkylation sites (tertiary alicyclic amines) is 1. The molecule has 0 amide bonds. The van der Waals surface area contributed by atoms with E-state index in [0.29, 0.717) is 6.04 Å². The Kier molecular flexibility index (Phi) is 3.13. The molecule has 14 heavy (non-hydrogen) atoms.